The van der Waals surface area contributed by atoms with Crippen LogP contribution in [0.4, 0.5) is 0 Å². The van der Waals surface area contributed by atoms with E-state index in [9.17, 15) is 9.59 Å². The van der Waals surface area contributed by atoms with E-state index in [1.807, 2.05) is 0 Å². The Morgan fingerprint density at radius 2 is 2.22 bits per heavy atom. The highest BCUT2D eigenvalue weighted by atomic mass is 79.9. The van der Waals surface area contributed by atoms with Gasteiger partial charge in [-0.1, -0.05) is 11.6 Å². The van der Waals surface area contributed by atoms with Crippen molar-refractivity contribution in [2.45, 2.75) is 6.54 Å². The first-order valence-corrected chi connectivity index (χ1v) is 6.12. The number of rotatable bonds is 2. The molecule has 0 radical (unpaired) electrons. The summed E-state index contributed by atoms with van der Waals surface area (Å²) < 4.78 is 6.00. The number of hydrogen-bond donors (Lipinski definition) is 0. The normalized spacial score (nSPS) is 10.6. The predicted octanol–water partition coefficient (Wildman–Crippen LogP) is 1.99. The summed E-state index contributed by atoms with van der Waals surface area (Å²) in [5.74, 6) is -0.537. The quantitative estimate of drug-likeness (QED) is 0.790. The lowest BCUT2D eigenvalue weighted by molar-refractivity contribution is -0.141. The van der Waals surface area contributed by atoms with Crippen molar-refractivity contribution in [1.29, 1.82) is 0 Å². The molecule has 1 aromatic heterocycles. The number of halogens is 2. The molecule has 0 saturated carbocycles. The van der Waals surface area contributed by atoms with Crippen LogP contribution in [0.3, 0.4) is 0 Å². The molecule has 5 nitrogen and oxygen atoms in total. The second kappa shape index (κ2) is 5.07. The van der Waals surface area contributed by atoms with Crippen molar-refractivity contribution in [3.63, 3.8) is 0 Å². The van der Waals surface area contributed by atoms with Gasteiger partial charge in [0.15, 0.2) is 0 Å². The number of ether oxygens (including phenoxy) is 1. The van der Waals surface area contributed by atoms with E-state index in [1.54, 1.807) is 18.2 Å². The Labute approximate surface area is 115 Å². The van der Waals surface area contributed by atoms with E-state index >= 15 is 0 Å². The summed E-state index contributed by atoms with van der Waals surface area (Å²) in [7, 11) is 1.25. The largest absolute Gasteiger partial charge is 0.468 e. The van der Waals surface area contributed by atoms with Crippen LogP contribution in [0.1, 0.15) is 0 Å². The molecule has 0 unspecified atom stereocenters. The predicted molar refractivity (Wildman–Crippen MR) is 70.7 cm³/mol. The van der Waals surface area contributed by atoms with E-state index in [1.165, 1.54) is 7.11 Å². The van der Waals surface area contributed by atoms with E-state index in [0.717, 1.165) is 4.68 Å². The second-order valence-corrected chi connectivity index (χ2v) is 4.71. The van der Waals surface area contributed by atoms with Crippen molar-refractivity contribution in [3.05, 3.63) is 38.2 Å². The number of carbonyl (C=O) groups excluding carboxylic acids is 1. The van der Waals surface area contributed by atoms with Crippen LogP contribution in [0.5, 0.6) is 0 Å². The molecule has 0 atom stereocenters. The van der Waals surface area contributed by atoms with Gasteiger partial charge >= 0.3 is 5.97 Å². The monoisotopic (exact) mass is 330 g/mol. The summed E-state index contributed by atoms with van der Waals surface area (Å²) in [6, 6.07) is 4.85. The molecule has 0 aliphatic rings. The Morgan fingerprint density at radius 3 is 2.89 bits per heavy atom. The number of methoxy groups -OCH3 is 1. The third kappa shape index (κ3) is 2.39. The van der Waals surface area contributed by atoms with Gasteiger partial charge in [-0.3, -0.25) is 9.59 Å². The summed E-state index contributed by atoms with van der Waals surface area (Å²) in [5.41, 5.74) is -0.365. The average Bonchev–Trinajstić information content (AvgIpc) is 2.35. The zero-order valence-corrected chi connectivity index (χ0v) is 11.7. The van der Waals surface area contributed by atoms with Crippen molar-refractivity contribution in [2.75, 3.05) is 7.11 Å². The fraction of sp³-hybridized carbons (Fsp3) is 0.182. The van der Waals surface area contributed by atoms with Crippen LogP contribution in [0.15, 0.2) is 27.6 Å². The smallest absolute Gasteiger partial charge is 0.327 e. The molecule has 1 heterocycles. The van der Waals surface area contributed by atoms with Crippen molar-refractivity contribution >= 4 is 44.3 Å². The number of benzene rings is 1. The van der Waals surface area contributed by atoms with E-state index in [-0.39, 0.29) is 12.1 Å². The summed E-state index contributed by atoms with van der Waals surface area (Å²) in [6.45, 7) is -0.230. The van der Waals surface area contributed by atoms with Crippen molar-refractivity contribution in [2.24, 2.45) is 0 Å². The van der Waals surface area contributed by atoms with Gasteiger partial charge in [-0.05, 0) is 34.1 Å². The van der Waals surface area contributed by atoms with Crippen LogP contribution in [0.25, 0.3) is 10.8 Å². The number of esters is 1. The third-order valence-electron chi connectivity index (χ3n) is 2.38. The van der Waals surface area contributed by atoms with E-state index in [2.05, 4.69) is 25.8 Å². The maximum absolute atomic E-state index is 12.1. The third-order valence-corrected chi connectivity index (χ3v) is 3.20. The molecule has 2 aromatic rings. The minimum absolute atomic E-state index is 0.230. The highest BCUT2D eigenvalue weighted by Gasteiger charge is 2.12. The Balaban J connectivity index is 2.65. The summed E-state index contributed by atoms with van der Waals surface area (Å²) >= 11 is 9.10. The molecule has 18 heavy (non-hydrogen) atoms. The van der Waals surface area contributed by atoms with Gasteiger partial charge in [0.1, 0.15) is 11.1 Å². The lowest BCUT2D eigenvalue weighted by Crippen LogP contribution is -2.27. The molecular formula is C11H8BrClN2O3. The maximum atomic E-state index is 12.1. The van der Waals surface area contributed by atoms with Crippen molar-refractivity contribution in [1.82, 2.24) is 9.78 Å². The first kappa shape index (κ1) is 13.0. The molecule has 0 fully saturated rings. The minimum atomic E-state index is -0.537. The van der Waals surface area contributed by atoms with Crippen LogP contribution in [0.2, 0.25) is 5.02 Å². The van der Waals surface area contributed by atoms with Crippen LogP contribution in [-0.2, 0) is 16.1 Å². The number of fused-ring (bicyclic) bond motifs is 1. The van der Waals surface area contributed by atoms with Gasteiger partial charge in [-0.2, -0.15) is 5.10 Å². The molecule has 1 aromatic carbocycles. The van der Waals surface area contributed by atoms with Gasteiger partial charge in [0.05, 0.1) is 12.5 Å². The molecular weight excluding hydrogens is 323 g/mol. The standard InChI is InChI=1S/C11H8BrClN2O3/c1-18-9(16)5-15-11(17)7-3-2-6(13)4-8(7)10(12)14-15/h2-4H,5H2,1H3. The highest BCUT2D eigenvalue weighted by Crippen LogP contribution is 2.22. The Hall–Kier alpha value is -1.40. The topological polar surface area (TPSA) is 61.2 Å². The van der Waals surface area contributed by atoms with Crippen LogP contribution in [0, 0.1) is 0 Å². The Bertz CT molecular complexity index is 684. The minimum Gasteiger partial charge on any atom is -0.468 e. The van der Waals surface area contributed by atoms with Gasteiger partial charge in [-0.25, -0.2) is 4.68 Å². The first-order valence-electron chi connectivity index (χ1n) is 4.95. The number of nitrogens with zero attached hydrogens (tertiary/aromatic N) is 2. The van der Waals surface area contributed by atoms with Crippen LogP contribution in [-0.4, -0.2) is 22.9 Å². The molecule has 0 aliphatic carbocycles. The second-order valence-electron chi connectivity index (χ2n) is 3.52. The van der Waals surface area contributed by atoms with E-state index < -0.39 is 5.97 Å². The molecule has 0 bridgehead atoms. The average molecular weight is 332 g/mol. The van der Waals surface area contributed by atoms with Crippen molar-refractivity contribution < 1.29 is 9.53 Å². The lowest BCUT2D eigenvalue weighted by atomic mass is 10.2. The van der Waals surface area contributed by atoms with E-state index in [4.69, 9.17) is 11.6 Å². The first-order chi connectivity index (χ1) is 8.52. The zero-order chi connectivity index (χ0) is 13.3. The fourth-order valence-electron chi connectivity index (χ4n) is 1.51. The fourth-order valence-corrected chi connectivity index (χ4v) is 2.20. The van der Waals surface area contributed by atoms with Crippen LogP contribution < -0.4 is 5.56 Å². The summed E-state index contributed by atoms with van der Waals surface area (Å²) in [4.78, 5) is 23.2. The lowest BCUT2D eigenvalue weighted by Gasteiger charge is -2.06. The van der Waals surface area contributed by atoms with Gasteiger partial charge in [0.2, 0.25) is 0 Å². The van der Waals surface area contributed by atoms with Gasteiger partial charge < -0.3 is 4.74 Å². The summed E-state index contributed by atoms with van der Waals surface area (Å²) in [6.07, 6.45) is 0. The van der Waals surface area contributed by atoms with Crippen LogP contribution >= 0.6 is 27.5 Å². The molecule has 94 valence electrons. The zero-order valence-electron chi connectivity index (χ0n) is 9.31. The summed E-state index contributed by atoms with van der Waals surface area (Å²) in [5, 5.41) is 5.54. The molecule has 0 N–H and O–H groups in total. The number of hydrogen-bond acceptors (Lipinski definition) is 4. The SMILES string of the molecule is COC(=O)Cn1nc(Br)c2cc(Cl)ccc2c1=O. The Kier molecular flexibility index (Phi) is 3.68. The maximum Gasteiger partial charge on any atom is 0.327 e. The molecule has 0 aliphatic heterocycles. The highest BCUT2D eigenvalue weighted by molar-refractivity contribution is 9.10. The Morgan fingerprint density at radius 1 is 1.50 bits per heavy atom. The van der Waals surface area contributed by atoms with Gasteiger partial charge in [-0.15, -0.1) is 0 Å². The van der Waals surface area contributed by atoms with Crippen molar-refractivity contribution in [3.8, 4) is 0 Å². The molecule has 0 spiro atoms. The molecule has 0 saturated heterocycles. The molecule has 0 amide bonds. The van der Waals surface area contributed by atoms with Gasteiger partial charge in [0.25, 0.3) is 5.56 Å². The molecule has 7 heteroatoms. The van der Waals surface area contributed by atoms with Gasteiger partial charge in [0, 0.05) is 10.4 Å². The molecule has 2 rings (SSSR count). The van der Waals surface area contributed by atoms with E-state index in [0.29, 0.717) is 20.4 Å². The number of carbonyl (C=O) groups is 1. The number of aromatic nitrogens is 2.